The second-order valence-electron chi connectivity index (χ2n) is 7.11. The van der Waals surface area contributed by atoms with Crippen LogP contribution in [0.1, 0.15) is 28.9 Å². The minimum absolute atomic E-state index is 0.279. The summed E-state index contributed by atoms with van der Waals surface area (Å²) in [5.41, 5.74) is 8.70. The van der Waals surface area contributed by atoms with Crippen molar-refractivity contribution in [1.82, 2.24) is 9.78 Å². The van der Waals surface area contributed by atoms with Crippen LogP contribution in [0.3, 0.4) is 0 Å². The smallest absolute Gasteiger partial charge is 0.276 e. The lowest BCUT2D eigenvalue weighted by Crippen LogP contribution is -2.13. The Kier molecular flexibility index (Phi) is 5.93. The monoisotopic (exact) mass is 414 g/mol. The number of amides is 2. The molecule has 0 saturated heterocycles. The Balaban J connectivity index is 1.52. The lowest BCUT2D eigenvalue weighted by Gasteiger charge is -2.06. The first-order chi connectivity index (χ1) is 15.1. The molecule has 4 aromatic rings. The predicted molar refractivity (Wildman–Crippen MR) is 118 cm³/mol. The van der Waals surface area contributed by atoms with Crippen molar-refractivity contribution in [1.29, 1.82) is 0 Å². The maximum atomic E-state index is 12.8. The summed E-state index contributed by atoms with van der Waals surface area (Å²) in [7, 11) is 0. The third-order valence-corrected chi connectivity index (χ3v) is 4.82. The van der Waals surface area contributed by atoms with E-state index in [2.05, 4.69) is 10.4 Å². The van der Waals surface area contributed by atoms with Gasteiger partial charge in [0.25, 0.3) is 5.91 Å². The van der Waals surface area contributed by atoms with Gasteiger partial charge in [-0.3, -0.25) is 9.59 Å². The van der Waals surface area contributed by atoms with Gasteiger partial charge in [-0.2, -0.15) is 5.10 Å². The van der Waals surface area contributed by atoms with Gasteiger partial charge < -0.3 is 15.5 Å². The van der Waals surface area contributed by atoms with Crippen molar-refractivity contribution in [2.24, 2.45) is 5.73 Å². The highest BCUT2D eigenvalue weighted by Gasteiger charge is 2.18. The van der Waals surface area contributed by atoms with Gasteiger partial charge in [-0.25, -0.2) is 4.68 Å². The Morgan fingerprint density at radius 2 is 1.77 bits per heavy atom. The second-order valence-corrected chi connectivity index (χ2v) is 7.11. The fraction of sp³-hybridized carbons (Fsp3) is 0.125. The summed E-state index contributed by atoms with van der Waals surface area (Å²) in [5.74, 6) is 0.00687. The van der Waals surface area contributed by atoms with E-state index in [9.17, 15) is 9.59 Å². The van der Waals surface area contributed by atoms with Crippen LogP contribution in [0, 0.1) is 0 Å². The summed E-state index contributed by atoms with van der Waals surface area (Å²) < 4.78 is 7.22. The van der Waals surface area contributed by atoms with Gasteiger partial charge in [-0.05, 0) is 54.8 Å². The van der Waals surface area contributed by atoms with Crippen molar-refractivity contribution in [2.45, 2.75) is 19.3 Å². The van der Waals surface area contributed by atoms with E-state index in [-0.39, 0.29) is 17.5 Å². The van der Waals surface area contributed by atoms with Crippen LogP contribution in [0.15, 0.2) is 83.5 Å². The molecule has 2 amide bonds. The number of nitrogens with zero attached hydrogens (tertiary/aromatic N) is 2. The molecule has 0 spiro atoms. The highest BCUT2D eigenvalue weighted by Crippen LogP contribution is 2.25. The first kappa shape index (κ1) is 20.2. The molecular formula is C24H22N4O3. The van der Waals surface area contributed by atoms with Gasteiger partial charge in [0.2, 0.25) is 5.91 Å². The number of aromatic nitrogens is 2. The predicted octanol–water partition coefficient (Wildman–Crippen LogP) is 4.19. The van der Waals surface area contributed by atoms with Gasteiger partial charge in [0.1, 0.15) is 5.69 Å². The van der Waals surface area contributed by atoms with Crippen LogP contribution in [0.4, 0.5) is 5.69 Å². The maximum Gasteiger partial charge on any atom is 0.276 e. The number of nitrogens with one attached hydrogen (secondary N) is 1. The summed E-state index contributed by atoms with van der Waals surface area (Å²) in [4.78, 5) is 23.7. The summed E-state index contributed by atoms with van der Waals surface area (Å²) in [6.45, 7) is 0. The van der Waals surface area contributed by atoms with Crippen molar-refractivity contribution >= 4 is 17.5 Å². The molecule has 0 fully saturated rings. The van der Waals surface area contributed by atoms with E-state index in [0.29, 0.717) is 30.0 Å². The number of furan rings is 1. The van der Waals surface area contributed by atoms with Gasteiger partial charge in [0.05, 0.1) is 12.0 Å². The van der Waals surface area contributed by atoms with E-state index < -0.39 is 0 Å². The molecule has 0 aliphatic rings. The molecule has 156 valence electrons. The van der Waals surface area contributed by atoms with Gasteiger partial charge in [-0.1, -0.05) is 30.3 Å². The Bertz CT molecular complexity index is 1160. The third-order valence-electron chi connectivity index (χ3n) is 4.82. The highest BCUT2D eigenvalue weighted by molar-refractivity contribution is 6.03. The first-order valence-electron chi connectivity index (χ1n) is 9.98. The van der Waals surface area contributed by atoms with Crippen LogP contribution in [-0.4, -0.2) is 21.6 Å². The molecule has 2 aromatic carbocycles. The number of primary amides is 1. The molecule has 7 heteroatoms. The molecule has 2 heterocycles. The Hall–Kier alpha value is -4.13. The molecule has 2 aromatic heterocycles. The number of para-hydroxylation sites is 1. The van der Waals surface area contributed by atoms with Crippen LogP contribution in [0.5, 0.6) is 0 Å². The van der Waals surface area contributed by atoms with Crippen LogP contribution in [-0.2, 0) is 11.2 Å². The first-order valence-corrected chi connectivity index (χ1v) is 9.98. The van der Waals surface area contributed by atoms with Crippen LogP contribution in [0.2, 0.25) is 0 Å². The third kappa shape index (κ3) is 4.90. The Morgan fingerprint density at radius 3 is 2.45 bits per heavy atom. The minimum atomic E-state index is -0.316. The number of hydrogen-bond acceptors (Lipinski definition) is 4. The normalized spacial score (nSPS) is 10.7. The molecule has 3 N–H and O–H groups in total. The van der Waals surface area contributed by atoms with Crippen molar-refractivity contribution in [3.63, 3.8) is 0 Å². The summed E-state index contributed by atoms with van der Waals surface area (Å²) >= 11 is 0. The number of hydrogen-bond donors (Lipinski definition) is 2. The van der Waals surface area contributed by atoms with Gasteiger partial charge in [0, 0.05) is 18.2 Å². The van der Waals surface area contributed by atoms with Crippen LogP contribution < -0.4 is 11.1 Å². The Morgan fingerprint density at radius 1 is 1.00 bits per heavy atom. The standard InChI is InChI=1S/C24H22N4O3/c25-23(29)10-4-6-17-11-13-18(14-12-17)26-24(30)20-16-21(22-9-5-15-31-22)28(27-20)19-7-2-1-3-8-19/h1-3,5,7-9,11-16H,4,6,10H2,(H2,25,29)(H,26,30). The molecule has 7 nitrogen and oxygen atoms in total. The quantitative estimate of drug-likeness (QED) is 0.451. The average molecular weight is 414 g/mol. The SMILES string of the molecule is NC(=O)CCCc1ccc(NC(=O)c2cc(-c3ccco3)n(-c3ccccc3)n2)cc1. The number of anilines is 1. The van der Waals surface area contributed by atoms with Crippen molar-refractivity contribution in [2.75, 3.05) is 5.32 Å². The molecule has 4 rings (SSSR count). The van der Waals surface area contributed by atoms with Gasteiger partial charge in [-0.15, -0.1) is 0 Å². The highest BCUT2D eigenvalue weighted by atomic mass is 16.3. The van der Waals surface area contributed by atoms with Crippen molar-refractivity contribution < 1.29 is 14.0 Å². The molecule has 0 saturated carbocycles. The van der Waals surface area contributed by atoms with Crippen molar-refractivity contribution in [3.8, 4) is 17.1 Å². The van der Waals surface area contributed by atoms with E-state index in [0.717, 1.165) is 17.7 Å². The zero-order chi connectivity index (χ0) is 21.6. The second kappa shape index (κ2) is 9.13. The van der Waals surface area contributed by atoms with E-state index >= 15 is 0 Å². The molecule has 0 atom stereocenters. The van der Waals surface area contributed by atoms with E-state index in [4.69, 9.17) is 10.2 Å². The minimum Gasteiger partial charge on any atom is -0.463 e. The summed E-state index contributed by atoms with van der Waals surface area (Å²) in [6, 6.07) is 22.4. The topological polar surface area (TPSA) is 103 Å². The maximum absolute atomic E-state index is 12.8. The molecule has 0 aliphatic carbocycles. The zero-order valence-corrected chi connectivity index (χ0v) is 16.8. The number of benzene rings is 2. The van der Waals surface area contributed by atoms with Crippen molar-refractivity contribution in [3.05, 3.63) is 90.3 Å². The number of carbonyl (C=O) groups excluding carboxylic acids is 2. The van der Waals surface area contributed by atoms with E-state index in [1.54, 1.807) is 23.1 Å². The van der Waals surface area contributed by atoms with Crippen LogP contribution in [0.25, 0.3) is 17.1 Å². The number of nitrogens with two attached hydrogens (primary N) is 1. The van der Waals surface area contributed by atoms with E-state index in [1.807, 2.05) is 60.7 Å². The van der Waals surface area contributed by atoms with E-state index in [1.165, 1.54) is 0 Å². The fourth-order valence-electron chi connectivity index (χ4n) is 3.27. The lowest BCUT2D eigenvalue weighted by molar-refractivity contribution is -0.118. The fourth-order valence-corrected chi connectivity index (χ4v) is 3.27. The summed E-state index contributed by atoms with van der Waals surface area (Å²) in [6.07, 6.45) is 3.40. The molecule has 0 unspecified atom stereocenters. The number of carbonyl (C=O) groups is 2. The molecule has 0 radical (unpaired) electrons. The number of aryl methyl sites for hydroxylation is 1. The molecule has 31 heavy (non-hydrogen) atoms. The van der Waals surface area contributed by atoms with Gasteiger partial charge in [0.15, 0.2) is 11.5 Å². The number of rotatable bonds is 8. The lowest BCUT2D eigenvalue weighted by atomic mass is 10.1. The zero-order valence-electron chi connectivity index (χ0n) is 16.8. The van der Waals surface area contributed by atoms with Crippen LogP contribution >= 0.6 is 0 Å². The largest absolute Gasteiger partial charge is 0.463 e. The molecule has 0 aliphatic heterocycles. The summed E-state index contributed by atoms with van der Waals surface area (Å²) in [5, 5.41) is 7.39. The average Bonchev–Trinajstić information content (AvgIpc) is 3.45. The van der Waals surface area contributed by atoms with Gasteiger partial charge >= 0.3 is 0 Å². The molecular weight excluding hydrogens is 392 g/mol. The Labute approximate surface area is 179 Å². The molecule has 0 bridgehead atoms.